The van der Waals surface area contributed by atoms with Crippen molar-refractivity contribution < 1.29 is 19.5 Å². The highest BCUT2D eigenvalue weighted by Crippen LogP contribution is 2.20. The largest absolute Gasteiger partial charge is 0.478 e. The van der Waals surface area contributed by atoms with Gasteiger partial charge in [0.1, 0.15) is 6.54 Å². The van der Waals surface area contributed by atoms with Crippen LogP contribution in [0.15, 0.2) is 22.7 Å². The van der Waals surface area contributed by atoms with Crippen LogP contribution in [-0.4, -0.2) is 48.1 Å². The molecule has 0 aromatic heterocycles. The second-order valence-electron chi connectivity index (χ2n) is 4.27. The second-order valence-corrected chi connectivity index (χ2v) is 5.19. The number of nitrogens with zero attached hydrogens (tertiary/aromatic N) is 1. The first-order valence-electron chi connectivity index (χ1n) is 6.16. The second kappa shape index (κ2) is 7.63. The number of carbonyl (C=O) groups is 3. The van der Waals surface area contributed by atoms with Gasteiger partial charge in [-0.25, -0.2) is 9.59 Å². The summed E-state index contributed by atoms with van der Waals surface area (Å²) in [5.74, 6) is -1.36. The van der Waals surface area contributed by atoms with Crippen LogP contribution in [0.1, 0.15) is 17.3 Å². The lowest BCUT2D eigenvalue weighted by molar-refractivity contribution is -0.121. The number of rotatable bonds is 5. The minimum atomic E-state index is -1.09. The maximum absolute atomic E-state index is 11.9. The first kappa shape index (κ1) is 17.0. The molecule has 0 radical (unpaired) electrons. The number of benzene rings is 1. The molecule has 8 heteroatoms. The summed E-state index contributed by atoms with van der Waals surface area (Å²) in [7, 11) is 1.47. The van der Waals surface area contributed by atoms with Gasteiger partial charge in [0.25, 0.3) is 0 Å². The summed E-state index contributed by atoms with van der Waals surface area (Å²) >= 11 is 3.18. The van der Waals surface area contributed by atoms with Gasteiger partial charge in [-0.1, -0.05) is 15.9 Å². The van der Waals surface area contributed by atoms with Gasteiger partial charge in [0.15, 0.2) is 0 Å². The molecule has 0 atom stereocenters. The minimum Gasteiger partial charge on any atom is -0.478 e. The van der Waals surface area contributed by atoms with Crippen molar-refractivity contribution in [2.45, 2.75) is 6.92 Å². The summed E-state index contributed by atoms with van der Waals surface area (Å²) in [5.41, 5.74) is 0.376. The molecule has 21 heavy (non-hydrogen) atoms. The van der Waals surface area contributed by atoms with E-state index in [2.05, 4.69) is 26.6 Å². The maximum Gasteiger partial charge on any atom is 0.335 e. The van der Waals surface area contributed by atoms with Gasteiger partial charge >= 0.3 is 12.0 Å². The van der Waals surface area contributed by atoms with Crippen molar-refractivity contribution in [3.05, 3.63) is 28.2 Å². The summed E-state index contributed by atoms with van der Waals surface area (Å²) in [6.07, 6.45) is 0. The zero-order chi connectivity index (χ0) is 16.0. The van der Waals surface area contributed by atoms with E-state index in [4.69, 9.17) is 5.11 Å². The molecular formula is C13H16BrN3O4. The Morgan fingerprint density at radius 3 is 2.52 bits per heavy atom. The number of nitrogens with one attached hydrogen (secondary N) is 2. The van der Waals surface area contributed by atoms with Crippen LogP contribution in [0.3, 0.4) is 0 Å². The number of halogens is 1. The van der Waals surface area contributed by atoms with Crippen LogP contribution in [0.4, 0.5) is 10.5 Å². The van der Waals surface area contributed by atoms with Crippen LogP contribution in [0.2, 0.25) is 0 Å². The zero-order valence-corrected chi connectivity index (χ0v) is 13.2. The number of carboxylic acid groups (broad SMARTS) is 1. The topological polar surface area (TPSA) is 98.7 Å². The number of carboxylic acids is 1. The summed E-state index contributed by atoms with van der Waals surface area (Å²) in [5, 5.41) is 14.1. The van der Waals surface area contributed by atoms with Gasteiger partial charge < -0.3 is 20.6 Å². The predicted octanol–water partition coefficient (Wildman–Crippen LogP) is 1.75. The molecule has 3 N–H and O–H groups in total. The monoisotopic (exact) mass is 357 g/mol. The van der Waals surface area contributed by atoms with Crippen LogP contribution in [0.5, 0.6) is 0 Å². The van der Waals surface area contributed by atoms with Crippen LogP contribution in [0, 0.1) is 0 Å². The van der Waals surface area contributed by atoms with Crippen molar-refractivity contribution in [2.75, 3.05) is 25.5 Å². The molecule has 0 bridgehead atoms. The van der Waals surface area contributed by atoms with E-state index >= 15 is 0 Å². The SMILES string of the molecule is CCNC(=O)CN(C)C(=O)Nc1cc(Br)cc(C(=O)O)c1. The Kier molecular flexibility index (Phi) is 6.16. The molecule has 0 aliphatic carbocycles. The average molecular weight is 358 g/mol. The molecule has 114 valence electrons. The summed E-state index contributed by atoms with van der Waals surface area (Å²) in [4.78, 5) is 35.5. The normalized spacial score (nSPS) is 9.86. The lowest BCUT2D eigenvalue weighted by Gasteiger charge is -2.17. The van der Waals surface area contributed by atoms with Gasteiger partial charge in [-0.05, 0) is 25.1 Å². The Morgan fingerprint density at radius 1 is 1.29 bits per heavy atom. The van der Waals surface area contributed by atoms with E-state index in [1.165, 1.54) is 24.1 Å². The number of likely N-dealkylation sites (N-methyl/N-ethyl adjacent to an activating group) is 2. The molecule has 7 nitrogen and oxygen atoms in total. The number of carbonyl (C=O) groups excluding carboxylic acids is 2. The van der Waals surface area contributed by atoms with E-state index in [9.17, 15) is 14.4 Å². The smallest absolute Gasteiger partial charge is 0.335 e. The van der Waals surface area contributed by atoms with Crippen molar-refractivity contribution >= 4 is 39.5 Å². The molecule has 0 saturated heterocycles. The van der Waals surface area contributed by atoms with Crippen molar-refractivity contribution in [2.24, 2.45) is 0 Å². The molecule has 3 amide bonds. The van der Waals surface area contributed by atoms with Gasteiger partial charge in [0, 0.05) is 23.8 Å². The fourth-order valence-electron chi connectivity index (χ4n) is 1.54. The number of urea groups is 1. The fraction of sp³-hybridized carbons (Fsp3) is 0.308. The van der Waals surface area contributed by atoms with Gasteiger partial charge in [-0.15, -0.1) is 0 Å². The van der Waals surface area contributed by atoms with Crippen molar-refractivity contribution in [3.8, 4) is 0 Å². The molecule has 0 unspecified atom stereocenters. The average Bonchev–Trinajstić information content (AvgIpc) is 2.37. The van der Waals surface area contributed by atoms with Gasteiger partial charge in [-0.2, -0.15) is 0 Å². The highest BCUT2D eigenvalue weighted by Gasteiger charge is 2.14. The van der Waals surface area contributed by atoms with E-state index in [1.807, 2.05) is 0 Å². The van der Waals surface area contributed by atoms with E-state index in [0.29, 0.717) is 16.7 Å². The molecule has 0 fully saturated rings. The van der Waals surface area contributed by atoms with Gasteiger partial charge in [0.2, 0.25) is 5.91 Å². The number of anilines is 1. The Hall–Kier alpha value is -2.09. The molecule has 0 aliphatic rings. The third-order valence-electron chi connectivity index (χ3n) is 2.50. The van der Waals surface area contributed by atoms with E-state index < -0.39 is 12.0 Å². The molecule has 0 saturated carbocycles. The molecule has 0 heterocycles. The molecule has 1 aromatic carbocycles. The van der Waals surface area contributed by atoms with Gasteiger partial charge in [0.05, 0.1) is 5.56 Å². The summed E-state index contributed by atoms with van der Waals surface area (Å²) in [6.45, 7) is 2.19. The highest BCUT2D eigenvalue weighted by atomic mass is 79.9. The van der Waals surface area contributed by atoms with E-state index in [1.54, 1.807) is 13.0 Å². The van der Waals surface area contributed by atoms with Crippen molar-refractivity contribution in [1.82, 2.24) is 10.2 Å². The van der Waals surface area contributed by atoms with E-state index in [-0.39, 0.29) is 18.0 Å². The third-order valence-corrected chi connectivity index (χ3v) is 2.96. The fourth-order valence-corrected chi connectivity index (χ4v) is 2.04. The lowest BCUT2D eigenvalue weighted by atomic mass is 10.2. The number of aromatic carboxylic acids is 1. The number of amides is 3. The first-order valence-corrected chi connectivity index (χ1v) is 6.95. The minimum absolute atomic E-state index is 0.0473. The molecule has 0 spiro atoms. The predicted molar refractivity (Wildman–Crippen MR) is 81.4 cm³/mol. The van der Waals surface area contributed by atoms with Crippen molar-refractivity contribution in [3.63, 3.8) is 0 Å². The van der Waals surface area contributed by atoms with Crippen LogP contribution in [-0.2, 0) is 4.79 Å². The van der Waals surface area contributed by atoms with Crippen LogP contribution in [0.25, 0.3) is 0 Å². The Labute approximate surface area is 130 Å². The molecule has 0 aliphatic heterocycles. The first-order chi connectivity index (χ1) is 9.83. The van der Waals surface area contributed by atoms with Gasteiger partial charge in [-0.3, -0.25) is 4.79 Å². The third kappa shape index (κ3) is 5.42. The summed E-state index contributed by atoms with van der Waals surface area (Å²) < 4.78 is 0.532. The Balaban J connectivity index is 2.74. The van der Waals surface area contributed by atoms with Crippen LogP contribution >= 0.6 is 15.9 Å². The maximum atomic E-state index is 11.9. The van der Waals surface area contributed by atoms with Crippen LogP contribution < -0.4 is 10.6 Å². The summed E-state index contributed by atoms with van der Waals surface area (Å²) in [6, 6.07) is 3.83. The Morgan fingerprint density at radius 2 is 1.95 bits per heavy atom. The lowest BCUT2D eigenvalue weighted by Crippen LogP contribution is -2.40. The molecule has 1 aromatic rings. The quantitative estimate of drug-likeness (QED) is 0.747. The Bertz CT molecular complexity index is 562. The van der Waals surface area contributed by atoms with Crippen molar-refractivity contribution in [1.29, 1.82) is 0 Å². The number of hydrogen-bond acceptors (Lipinski definition) is 3. The highest BCUT2D eigenvalue weighted by molar-refractivity contribution is 9.10. The van der Waals surface area contributed by atoms with E-state index in [0.717, 1.165) is 0 Å². The number of hydrogen-bond donors (Lipinski definition) is 3. The molecular weight excluding hydrogens is 342 g/mol. The molecule has 1 rings (SSSR count). The standard InChI is InChI=1S/C13H16BrN3O4/c1-3-15-11(18)7-17(2)13(21)16-10-5-8(12(19)20)4-9(14)6-10/h4-6H,3,7H2,1-2H3,(H,15,18)(H,16,21)(H,19,20). The zero-order valence-electron chi connectivity index (χ0n) is 11.6.